The zero-order valence-corrected chi connectivity index (χ0v) is 22.1. The Kier molecular flexibility index (Phi) is 8.75. The summed E-state index contributed by atoms with van der Waals surface area (Å²) in [5.74, 6) is -0.460. The van der Waals surface area contributed by atoms with E-state index in [-0.39, 0.29) is 30.2 Å². The van der Waals surface area contributed by atoms with Crippen LogP contribution in [0.25, 0.3) is 16.9 Å². The van der Waals surface area contributed by atoms with Gasteiger partial charge in [0.25, 0.3) is 0 Å². The summed E-state index contributed by atoms with van der Waals surface area (Å²) in [7, 11) is 0. The number of ether oxygens (including phenoxy) is 1. The Bertz CT molecular complexity index is 1220. The Morgan fingerprint density at radius 1 is 1.05 bits per heavy atom. The van der Waals surface area contributed by atoms with Crippen LogP contribution in [0.15, 0.2) is 60.8 Å². The molecule has 0 unspecified atom stereocenters. The lowest BCUT2D eigenvalue weighted by atomic mass is 10.1. The summed E-state index contributed by atoms with van der Waals surface area (Å²) in [5.41, 5.74) is 1.72. The molecule has 1 fully saturated rings. The minimum atomic E-state index is -0.450. The van der Waals surface area contributed by atoms with Gasteiger partial charge in [0, 0.05) is 49.2 Å². The molecule has 1 saturated heterocycles. The normalized spacial score (nSPS) is 14.2. The lowest BCUT2D eigenvalue weighted by Gasteiger charge is -2.31. The standard InChI is InChI=1S/C28H35FN6O3/c1-28(2,3)32-27(37)34(14-13-33-15-17-38-18-16-33)20-25(36)31-26-30-24(21-7-5-4-6-8-21)19-35(26)23-11-9-22(29)10-12-23/h4-12,19H,13-18,20H2,1-3H3,(H,32,37)(H,30,31,36). The van der Waals surface area contributed by atoms with Crippen LogP contribution < -0.4 is 10.6 Å². The van der Waals surface area contributed by atoms with Crippen molar-refractivity contribution in [2.75, 3.05) is 51.3 Å². The van der Waals surface area contributed by atoms with Crippen molar-refractivity contribution in [3.8, 4) is 16.9 Å². The van der Waals surface area contributed by atoms with Crippen LogP contribution >= 0.6 is 0 Å². The topological polar surface area (TPSA) is 91.7 Å². The summed E-state index contributed by atoms with van der Waals surface area (Å²) in [6.45, 7) is 9.46. The number of benzene rings is 2. The third-order valence-corrected chi connectivity index (χ3v) is 6.02. The van der Waals surface area contributed by atoms with Crippen molar-refractivity contribution in [2.45, 2.75) is 26.3 Å². The molecule has 1 aliphatic heterocycles. The van der Waals surface area contributed by atoms with Gasteiger partial charge in [0.05, 0.1) is 18.9 Å². The fourth-order valence-electron chi connectivity index (χ4n) is 4.09. The Morgan fingerprint density at radius 3 is 2.39 bits per heavy atom. The summed E-state index contributed by atoms with van der Waals surface area (Å²) >= 11 is 0. The summed E-state index contributed by atoms with van der Waals surface area (Å²) in [5, 5.41) is 5.82. The van der Waals surface area contributed by atoms with E-state index < -0.39 is 5.54 Å². The molecule has 0 spiro atoms. The first-order valence-electron chi connectivity index (χ1n) is 12.8. The number of carbonyl (C=O) groups is 2. The second-order valence-corrected chi connectivity index (χ2v) is 10.3. The summed E-state index contributed by atoms with van der Waals surface area (Å²) in [6.07, 6.45) is 1.79. The Morgan fingerprint density at radius 2 is 1.74 bits per heavy atom. The van der Waals surface area contributed by atoms with Gasteiger partial charge in [-0.15, -0.1) is 0 Å². The molecule has 3 aromatic rings. The van der Waals surface area contributed by atoms with Crippen molar-refractivity contribution < 1.29 is 18.7 Å². The number of morpholine rings is 1. The van der Waals surface area contributed by atoms with E-state index >= 15 is 0 Å². The smallest absolute Gasteiger partial charge is 0.318 e. The third kappa shape index (κ3) is 7.62. The second kappa shape index (κ2) is 12.2. The van der Waals surface area contributed by atoms with Crippen molar-refractivity contribution in [3.05, 3.63) is 66.6 Å². The molecule has 2 heterocycles. The van der Waals surface area contributed by atoms with E-state index in [1.54, 1.807) is 22.9 Å². The monoisotopic (exact) mass is 522 g/mol. The number of imidazole rings is 1. The van der Waals surface area contributed by atoms with E-state index in [9.17, 15) is 14.0 Å². The van der Waals surface area contributed by atoms with Crippen LogP contribution in [0.4, 0.5) is 15.1 Å². The zero-order chi connectivity index (χ0) is 27.1. The van der Waals surface area contributed by atoms with Gasteiger partial charge in [0.1, 0.15) is 12.4 Å². The first-order chi connectivity index (χ1) is 18.2. The molecule has 1 aliphatic rings. The van der Waals surface area contributed by atoms with Crippen LogP contribution in [0.3, 0.4) is 0 Å². The number of carbonyl (C=O) groups excluding carboxylic acids is 2. The molecule has 0 atom stereocenters. The van der Waals surface area contributed by atoms with Crippen LogP contribution in [-0.2, 0) is 9.53 Å². The fraction of sp³-hybridized carbons (Fsp3) is 0.393. The highest BCUT2D eigenvalue weighted by Gasteiger charge is 2.24. The van der Waals surface area contributed by atoms with Gasteiger partial charge in [-0.2, -0.15) is 0 Å². The molecule has 10 heteroatoms. The minimum absolute atomic E-state index is 0.150. The number of halogens is 1. The van der Waals surface area contributed by atoms with Gasteiger partial charge in [-0.05, 0) is 45.0 Å². The molecule has 202 valence electrons. The quantitative estimate of drug-likeness (QED) is 0.470. The maximum atomic E-state index is 13.6. The molecule has 0 saturated carbocycles. The number of urea groups is 1. The molecule has 0 aliphatic carbocycles. The SMILES string of the molecule is CC(C)(C)NC(=O)N(CCN1CCOCC1)CC(=O)Nc1nc(-c2ccccc2)cn1-c1ccc(F)cc1. The lowest BCUT2D eigenvalue weighted by molar-refractivity contribution is -0.116. The highest BCUT2D eigenvalue weighted by atomic mass is 19.1. The van der Waals surface area contributed by atoms with Gasteiger partial charge in [-0.1, -0.05) is 30.3 Å². The lowest BCUT2D eigenvalue weighted by Crippen LogP contribution is -2.52. The predicted molar refractivity (Wildman–Crippen MR) is 145 cm³/mol. The van der Waals surface area contributed by atoms with Gasteiger partial charge in [-0.25, -0.2) is 14.2 Å². The van der Waals surface area contributed by atoms with E-state index in [4.69, 9.17) is 4.74 Å². The molecule has 0 bridgehead atoms. The number of aromatic nitrogens is 2. The molecule has 2 aromatic carbocycles. The summed E-state index contributed by atoms with van der Waals surface area (Å²) in [4.78, 5) is 34.7. The van der Waals surface area contributed by atoms with Crippen LogP contribution in [0.2, 0.25) is 0 Å². The molecule has 2 N–H and O–H groups in total. The van der Waals surface area contributed by atoms with E-state index in [2.05, 4.69) is 20.5 Å². The summed E-state index contributed by atoms with van der Waals surface area (Å²) < 4.78 is 20.7. The van der Waals surface area contributed by atoms with Crippen LogP contribution in [0.1, 0.15) is 20.8 Å². The number of nitrogens with one attached hydrogen (secondary N) is 2. The molecule has 38 heavy (non-hydrogen) atoms. The van der Waals surface area contributed by atoms with Crippen molar-refractivity contribution in [3.63, 3.8) is 0 Å². The van der Waals surface area contributed by atoms with Crippen LogP contribution in [0, 0.1) is 5.82 Å². The third-order valence-electron chi connectivity index (χ3n) is 6.02. The van der Waals surface area contributed by atoms with E-state index in [1.165, 1.54) is 17.0 Å². The highest BCUT2D eigenvalue weighted by molar-refractivity contribution is 5.93. The van der Waals surface area contributed by atoms with Gasteiger partial charge in [-0.3, -0.25) is 19.6 Å². The van der Waals surface area contributed by atoms with E-state index in [0.29, 0.717) is 37.7 Å². The number of hydrogen-bond donors (Lipinski definition) is 2. The zero-order valence-electron chi connectivity index (χ0n) is 22.1. The number of nitrogens with zero attached hydrogens (tertiary/aromatic N) is 4. The van der Waals surface area contributed by atoms with E-state index in [0.717, 1.165) is 18.7 Å². The van der Waals surface area contributed by atoms with Crippen molar-refractivity contribution >= 4 is 17.9 Å². The number of amides is 3. The van der Waals surface area contributed by atoms with Gasteiger partial charge >= 0.3 is 6.03 Å². The Labute approximate surface area is 222 Å². The average Bonchev–Trinajstić information content (AvgIpc) is 3.30. The first kappa shape index (κ1) is 27.3. The number of rotatable bonds is 8. The van der Waals surface area contributed by atoms with Crippen LogP contribution in [0.5, 0.6) is 0 Å². The molecular weight excluding hydrogens is 487 g/mol. The van der Waals surface area contributed by atoms with Gasteiger partial charge in [0.15, 0.2) is 0 Å². The van der Waals surface area contributed by atoms with Crippen molar-refractivity contribution in [2.24, 2.45) is 0 Å². The summed E-state index contributed by atoms with van der Waals surface area (Å²) in [6, 6.07) is 15.2. The maximum Gasteiger partial charge on any atom is 0.318 e. The minimum Gasteiger partial charge on any atom is -0.379 e. The average molecular weight is 523 g/mol. The van der Waals surface area contributed by atoms with Crippen molar-refractivity contribution in [1.82, 2.24) is 24.7 Å². The number of hydrogen-bond acceptors (Lipinski definition) is 5. The molecule has 0 radical (unpaired) electrons. The highest BCUT2D eigenvalue weighted by Crippen LogP contribution is 2.24. The number of anilines is 1. The fourth-order valence-corrected chi connectivity index (χ4v) is 4.09. The van der Waals surface area contributed by atoms with Crippen LogP contribution in [-0.4, -0.2) is 82.8 Å². The van der Waals surface area contributed by atoms with Crippen molar-refractivity contribution in [1.29, 1.82) is 0 Å². The Balaban J connectivity index is 1.53. The molecular formula is C28H35FN6O3. The first-order valence-corrected chi connectivity index (χ1v) is 12.8. The largest absolute Gasteiger partial charge is 0.379 e. The molecule has 9 nitrogen and oxygen atoms in total. The molecule has 4 rings (SSSR count). The predicted octanol–water partition coefficient (Wildman–Crippen LogP) is 3.76. The second-order valence-electron chi connectivity index (χ2n) is 10.3. The van der Waals surface area contributed by atoms with E-state index in [1.807, 2.05) is 51.1 Å². The van der Waals surface area contributed by atoms with Gasteiger partial charge < -0.3 is 15.0 Å². The van der Waals surface area contributed by atoms with Gasteiger partial charge in [0.2, 0.25) is 11.9 Å². The molecule has 1 aromatic heterocycles. The Hall–Kier alpha value is -3.76. The maximum absolute atomic E-state index is 13.6. The molecule has 3 amide bonds.